The molecule has 7 heteroatoms. The monoisotopic (exact) mass is 324 g/mol. The Hall–Kier alpha value is -2.15. The Labute approximate surface area is 134 Å². The third-order valence-corrected chi connectivity index (χ3v) is 3.44. The molecular weight excluding hydrogens is 303 g/mol. The molecule has 2 rings (SSSR count). The van der Waals surface area contributed by atoms with Crippen molar-refractivity contribution < 1.29 is 23.5 Å². The molecule has 1 N–H and O–H groups in total. The lowest BCUT2D eigenvalue weighted by molar-refractivity contribution is -0.136. The number of hydrogen-bond donors (Lipinski definition) is 1. The molecule has 0 aromatic heterocycles. The third kappa shape index (κ3) is 5.86. The first-order valence-electron chi connectivity index (χ1n) is 7.66. The van der Waals surface area contributed by atoms with Crippen LogP contribution < -0.4 is 10.1 Å². The summed E-state index contributed by atoms with van der Waals surface area (Å²) in [7, 11) is 0. The lowest BCUT2D eigenvalue weighted by atomic mass is 10.3. The minimum Gasteiger partial charge on any atom is -0.491 e. The number of morpholine rings is 1. The van der Waals surface area contributed by atoms with E-state index >= 15 is 0 Å². The molecule has 0 radical (unpaired) electrons. The lowest BCUT2D eigenvalue weighted by Gasteiger charge is -2.26. The van der Waals surface area contributed by atoms with Crippen LogP contribution in [0.5, 0.6) is 5.75 Å². The molecule has 1 aliphatic heterocycles. The number of hydrogen-bond acceptors (Lipinski definition) is 4. The Morgan fingerprint density at radius 3 is 2.74 bits per heavy atom. The van der Waals surface area contributed by atoms with Gasteiger partial charge in [-0.1, -0.05) is 12.1 Å². The van der Waals surface area contributed by atoms with E-state index in [1.807, 2.05) is 0 Å². The zero-order chi connectivity index (χ0) is 16.5. The Bertz CT molecular complexity index is 533. The Balaban J connectivity index is 1.58. The summed E-state index contributed by atoms with van der Waals surface area (Å²) in [5.41, 5.74) is 0. The number of amides is 2. The number of halogens is 1. The van der Waals surface area contributed by atoms with E-state index in [1.165, 1.54) is 12.1 Å². The van der Waals surface area contributed by atoms with Crippen molar-refractivity contribution in [3.63, 3.8) is 0 Å². The van der Waals surface area contributed by atoms with Crippen LogP contribution in [0.25, 0.3) is 0 Å². The van der Waals surface area contributed by atoms with Gasteiger partial charge >= 0.3 is 0 Å². The van der Waals surface area contributed by atoms with Gasteiger partial charge in [-0.15, -0.1) is 0 Å². The van der Waals surface area contributed by atoms with E-state index in [9.17, 15) is 14.0 Å². The van der Waals surface area contributed by atoms with Gasteiger partial charge in [-0.3, -0.25) is 9.59 Å². The number of carbonyl (C=O) groups is 2. The summed E-state index contributed by atoms with van der Waals surface area (Å²) in [5.74, 6) is -0.573. The van der Waals surface area contributed by atoms with Crippen LogP contribution in [0.3, 0.4) is 0 Å². The molecule has 1 heterocycles. The van der Waals surface area contributed by atoms with Crippen LogP contribution in [-0.4, -0.2) is 56.2 Å². The maximum absolute atomic E-state index is 13.3. The number of ether oxygens (including phenoxy) is 2. The van der Waals surface area contributed by atoms with Gasteiger partial charge in [0.25, 0.3) is 0 Å². The molecule has 0 spiro atoms. The fourth-order valence-corrected chi connectivity index (χ4v) is 2.16. The molecule has 23 heavy (non-hydrogen) atoms. The highest BCUT2D eigenvalue weighted by atomic mass is 19.1. The van der Waals surface area contributed by atoms with E-state index in [0.29, 0.717) is 32.7 Å². The van der Waals surface area contributed by atoms with Gasteiger partial charge in [-0.25, -0.2) is 4.39 Å². The highest BCUT2D eigenvalue weighted by Crippen LogP contribution is 2.15. The summed E-state index contributed by atoms with van der Waals surface area (Å²) in [6.07, 6.45) is 0.677. The van der Waals surface area contributed by atoms with Crippen LogP contribution in [0.15, 0.2) is 24.3 Å². The van der Waals surface area contributed by atoms with Gasteiger partial charge in [0, 0.05) is 19.5 Å². The molecule has 6 nitrogen and oxygen atoms in total. The lowest BCUT2D eigenvalue weighted by Crippen LogP contribution is -2.45. The van der Waals surface area contributed by atoms with Gasteiger partial charge in [0.2, 0.25) is 11.8 Å². The summed E-state index contributed by atoms with van der Waals surface area (Å²) >= 11 is 0. The zero-order valence-corrected chi connectivity index (χ0v) is 12.9. The number of rotatable bonds is 7. The van der Waals surface area contributed by atoms with Crippen LogP contribution in [0.4, 0.5) is 4.39 Å². The smallest absolute Gasteiger partial charge is 0.242 e. The standard InChI is InChI=1S/C16H21FN2O4/c17-13-4-1-2-5-14(13)23-9-3-6-15(20)18-12-16(21)19-7-10-22-11-8-19/h1-2,4-5H,3,6-12H2,(H,18,20). The number of nitrogens with one attached hydrogen (secondary N) is 1. The first-order valence-corrected chi connectivity index (χ1v) is 7.66. The van der Waals surface area contributed by atoms with Crippen molar-refractivity contribution in [2.45, 2.75) is 12.8 Å². The quantitative estimate of drug-likeness (QED) is 0.759. The van der Waals surface area contributed by atoms with Crippen molar-refractivity contribution in [2.75, 3.05) is 39.5 Å². The Morgan fingerprint density at radius 1 is 1.26 bits per heavy atom. The van der Waals surface area contributed by atoms with E-state index in [1.54, 1.807) is 17.0 Å². The first-order chi connectivity index (χ1) is 11.2. The fourth-order valence-electron chi connectivity index (χ4n) is 2.16. The summed E-state index contributed by atoms with van der Waals surface area (Å²) in [5, 5.41) is 2.59. The average molecular weight is 324 g/mol. The van der Waals surface area contributed by atoms with E-state index in [-0.39, 0.29) is 37.1 Å². The van der Waals surface area contributed by atoms with Crippen molar-refractivity contribution in [3.05, 3.63) is 30.1 Å². The molecule has 0 bridgehead atoms. The first kappa shape index (κ1) is 17.2. The molecule has 0 unspecified atom stereocenters. The molecule has 1 aliphatic rings. The largest absolute Gasteiger partial charge is 0.491 e. The van der Waals surface area contributed by atoms with Crippen molar-refractivity contribution in [2.24, 2.45) is 0 Å². The van der Waals surface area contributed by atoms with Crippen molar-refractivity contribution >= 4 is 11.8 Å². The molecule has 0 aliphatic carbocycles. The Morgan fingerprint density at radius 2 is 2.00 bits per heavy atom. The third-order valence-electron chi connectivity index (χ3n) is 3.44. The van der Waals surface area contributed by atoms with Gasteiger partial charge in [0.05, 0.1) is 26.4 Å². The second-order valence-corrected chi connectivity index (χ2v) is 5.15. The molecule has 2 amide bonds. The van der Waals surface area contributed by atoms with Gasteiger partial charge in [0.1, 0.15) is 0 Å². The molecule has 1 aromatic carbocycles. The minimum atomic E-state index is -0.423. The van der Waals surface area contributed by atoms with Gasteiger partial charge in [-0.2, -0.15) is 0 Å². The van der Waals surface area contributed by atoms with Crippen molar-refractivity contribution in [1.29, 1.82) is 0 Å². The number of benzene rings is 1. The normalized spacial score (nSPS) is 14.4. The highest BCUT2D eigenvalue weighted by molar-refractivity contribution is 5.84. The van der Waals surface area contributed by atoms with E-state index < -0.39 is 5.82 Å². The predicted octanol–water partition coefficient (Wildman–Crippen LogP) is 0.960. The van der Waals surface area contributed by atoms with Crippen molar-refractivity contribution in [3.8, 4) is 5.75 Å². The molecule has 1 fully saturated rings. The van der Waals surface area contributed by atoms with Crippen LogP contribution in [-0.2, 0) is 14.3 Å². The second-order valence-electron chi connectivity index (χ2n) is 5.15. The molecular formula is C16H21FN2O4. The summed E-state index contributed by atoms with van der Waals surface area (Å²) in [6.45, 7) is 2.43. The maximum atomic E-state index is 13.3. The SMILES string of the molecule is O=C(CCCOc1ccccc1F)NCC(=O)N1CCOCC1. The zero-order valence-electron chi connectivity index (χ0n) is 12.9. The number of para-hydroxylation sites is 1. The van der Waals surface area contributed by atoms with E-state index in [0.717, 1.165) is 0 Å². The second kappa shape index (κ2) is 9.09. The number of carbonyl (C=O) groups excluding carboxylic acids is 2. The summed E-state index contributed by atoms with van der Waals surface area (Å²) in [4.78, 5) is 25.2. The van der Waals surface area contributed by atoms with Gasteiger partial charge in [-0.05, 0) is 18.6 Å². The molecule has 0 saturated carbocycles. The number of nitrogens with zero attached hydrogens (tertiary/aromatic N) is 1. The van der Waals surface area contributed by atoms with E-state index in [4.69, 9.17) is 9.47 Å². The highest BCUT2D eigenvalue weighted by Gasteiger charge is 2.17. The molecule has 126 valence electrons. The van der Waals surface area contributed by atoms with Crippen molar-refractivity contribution in [1.82, 2.24) is 10.2 Å². The average Bonchev–Trinajstić information content (AvgIpc) is 2.59. The van der Waals surface area contributed by atoms with Crippen LogP contribution >= 0.6 is 0 Å². The van der Waals surface area contributed by atoms with Crippen LogP contribution in [0, 0.1) is 5.82 Å². The summed E-state index contributed by atoms with van der Waals surface area (Å²) < 4.78 is 23.7. The van der Waals surface area contributed by atoms with Crippen LogP contribution in [0.2, 0.25) is 0 Å². The molecule has 1 saturated heterocycles. The van der Waals surface area contributed by atoms with Gasteiger partial charge < -0.3 is 19.7 Å². The summed E-state index contributed by atoms with van der Waals surface area (Å²) in [6, 6.07) is 6.12. The fraction of sp³-hybridized carbons (Fsp3) is 0.500. The Kier molecular flexibility index (Phi) is 6.80. The predicted molar refractivity (Wildman–Crippen MR) is 81.5 cm³/mol. The topological polar surface area (TPSA) is 67.9 Å². The molecule has 1 aromatic rings. The molecule has 0 atom stereocenters. The van der Waals surface area contributed by atoms with Gasteiger partial charge in [0.15, 0.2) is 11.6 Å². The van der Waals surface area contributed by atoms with Crippen LogP contribution in [0.1, 0.15) is 12.8 Å². The maximum Gasteiger partial charge on any atom is 0.242 e. The minimum absolute atomic E-state index is 0.00694. The van der Waals surface area contributed by atoms with E-state index in [2.05, 4.69) is 5.32 Å².